The van der Waals surface area contributed by atoms with Gasteiger partial charge >= 0.3 is 0 Å². The van der Waals surface area contributed by atoms with Crippen LogP contribution in [0.2, 0.25) is 0 Å². The van der Waals surface area contributed by atoms with Crippen LogP contribution in [0.15, 0.2) is 42.5 Å². The second-order valence-electron chi connectivity index (χ2n) is 9.26. The highest BCUT2D eigenvalue weighted by Crippen LogP contribution is 2.75. The maximum absolute atomic E-state index is 12.9. The lowest BCUT2D eigenvalue weighted by molar-refractivity contribution is -0.129. The summed E-state index contributed by atoms with van der Waals surface area (Å²) in [6, 6.07) is 14.9. The van der Waals surface area contributed by atoms with Gasteiger partial charge in [0.2, 0.25) is 0 Å². The molecule has 5 aliphatic rings. The quantitative estimate of drug-likeness (QED) is 0.810. The summed E-state index contributed by atoms with van der Waals surface area (Å²) in [5.74, 6) is 1.43. The number of ketones is 1. The number of hydrogen-bond acceptors (Lipinski definition) is 4. The minimum absolute atomic E-state index is 0.0173. The van der Waals surface area contributed by atoms with Crippen molar-refractivity contribution in [2.45, 2.75) is 49.1 Å². The number of para-hydroxylation sites is 1. The molecule has 0 amide bonds. The summed E-state index contributed by atoms with van der Waals surface area (Å²) in [6.45, 7) is 0. The zero-order valence-corrected chi connectivity index (χ0v) is 15.1. The molecule has 4 nitrogen and oxygen atoms in total. The minimum atomic E-state index is -0.0173. The number of benzene rings is 2. The van der Waals surface area contributed by atoms with Gasteiger partial charge in [0.15, 0.2) is 0 Å². The van der Waals surface area contributed by atoms with Crippen molar-refractivity contribution in [3.63, 3.8) is 0 Å². The standard InChI is InChI=1S/C23H22N2O2/c26-18-8-6-13-11-22-12-23-16(7-9-19(27)17(23)10-15(18)20(13)23)21(22)25(22)24-14-4-2-1-3-5-14/h1-6,8,16-17,21,24,26H,7,9-12H2/t16?,17-,21?,22?,23+,25?/m0/s1. The predicted octanol–water partition coefficient (Wildman–Crippen LogP) is 3.19. The molecule has 2 N–H and O–H groups in total. The van der Waals surface area contributed by atoms with E-state index >= 15 is 0 Å². The van der Waals surface area contributed by atoms with Gasteiger partial charge in [-0.2, -0.15) is 0 Å². The Bertz CT molecular complexity index is 1020. The SMILES string of the molecule is O=C1CCC2C3N(Nc4ccccc4)C34Cc3ccc(O)c5c3[C@@]2(C4)[C@H]1C5. The van der Waals surface area contributed by atoms with Gasteiger partial charge in [-0.05, 0) is 66.5 Å². The molecular formula is C23H22N2O2. The molecular weight excluding hydrogens is 336 g/mol. The number of aromatic hydroxyl groups is 1. The first-order valence-corrected chi connectivity index (χ1v) is 10.1. The second-order valence-corrected chi connectivity index (χ2v) is 9.26. The van der Waals surface area contributed by atoms with Gasteiger partial charge in [-0.3, -0.25) is 4.79 Å². The molecule has 7 rings (SSSR count). The zero-order valence-electron chi connectivity index (χ0n) is 15.1. The number of carbonyl (C=O) groups excluding carboxylic acids is 1. The number of carbonyl (C=O) groups is 1. The highest BCUT2D eigenvalue weighted by molar-refractivity contribution is 5.87. The van der Waals surface area contributed by atoms with Crippen LogP contribution in [0.4, 0.5) is 5.69 Å². The third kappa shape index (κ3) is 1.48. The van der Waals surface area contributed by atoms with Gasteiger partial charge in [-0.1, -0.05) is 24.3 Å². The number of phenols is 1. The molecule has 1 aliphatic heterocycles. The number of Topliss-reactive ketones (excluding diaryl/α,β-unsaturated/α-hetero) is 1. The van der Waals surface area contributed by atoms with E-state index in [1.807, 2.05) is 12.1 Å². The normalized spacial score (nSPS) is 41.9. The minimum Gasteiger partial charge on any atom is -0.508 e. The van der Waals surface area contributed by atoms with E-state index in [1.54, 1.807) is 0 Å². The Balaban J connectivity index is 1.38. The van der Waals surface area contributed by atoms with Crippen molar-refractivity contribution < 1.29 is 9.90 Å². The number of rotatable bonds is 2. The van der Waals surface area contributed by atoms with Gasteiger partial charge < -0.3 is 10.5 Å². The Morgan fingerprint density at radius 2 is 2.00 bits per heavy atom. The molecule has 4 aliphatic carbocycles. The highest BCUT2D eigenvalue weighted by Gasteiger charge is 2.82. The third-order valence-electron chi connectivity index (χ3n) is 8.36. The van der Waals surface area contributed by atoms with Crippen molar-refractivity contribution in [1.29, 1.82) is 0 Å². The van der Waals surface area contributed by atoms with Crippen molar-refractivity contribution in [2.24, 2.45) is 11.8 Å². The fraction of sp³-hybridized carbons (Fsp3) is 0.435. The maximum atomic E-state index is 12.9. The molecule has 1 saturated heterocycles. The highest BCUT2D eigenvalue weighted by atomic mass is 16.3. The molecule has 136 valence electrons. The molecule has 0 radical (unpaired) electrons. The average Bonchev–Trinajstić information content (AvgIpc) is 2.99. The Hall–Kier alpha value is -2.33. The van der Waals surface area contributed by atoms with Crippen LogP contribution >= 0.6 is 0 Å². The summed E-state index contributed by atoms with van der Waals surface area (Å²) in [4.78, 5) is 12.9. The van der Waals surface area contributed by atoms with E-state index in [0.717, 1.165) is 36.9 Å². The van der Waals surface area contributed by atoms with Gasteiger partial charge in [-0.25, -0.2) is 5.01 Å². The summed E-state index contributed by atoms with van der Waals surface area (Å²) in [6.07, 6.45) is 4.53. The van der Waals surface area contributed by atoms with Crippen molar-refractivity contribution in [3.05, 3.63) is 59.2 Å². The molecule has 4 unspecified atom stereocenters. The van der Waals surface area contributed by atoms with Crippen LogP contribution in [-0.4, -0.2) is 27.5 Å². The smallest absolute Gasteiger partial charge is 0.137 e. The van der Waals surface area contributed by atoms with Gasteiger partial charge in [0, 0.05) is 23.4 Å². The number of hydrogen-bond donors (Lipinski definition) is 2. The van der Waals surface area contributed by atoms with E-state index in [-0.39, 0.29) is 16.9 Å². The molecule has 2 saturated carbocycles. The summed E-state index contributed by atoms with van der Waals surface area (Å²) < 4.78 is 0. The Morgan fingerprint density at radius 3 is 2.85 bits per heavy atom. The lowest BCUT2D eigenvalue weighted by Gasteiger charge is -2.47. The van der Waals surface area contributed by atoms with E-state index in [2.05, 4.69) is 40.8 Å². The van der Waals surface area contributed by atoms with Crippen LogP contribution in [0.3, 0.4) is 0 Å². The largest absolute Gasteiger partial charge is 0.508 e. The van der Waals surface area contributed by atoms with Crippen LogP contribution in [0.5, 0.6) is 5.75 Å². The lowest BCUT2D eigenvalue weighted by atomic mass is 9.57. The monoisotopic (exact) mass is 358 g/mol. The molecule has 3 fully saturated rings. The van der Waals surface area contributed by atoms with Crippen molar-refractivity contribution in [1.82, 2.24) is 5.01 Å². The van der Waals surface area contributed by atoms with Crippen molar-refractivity contribution in [3.8, 4) is 5.75 Å². The van der Waals surface area contributed by atoms with E-state index in [4.69, 9.17) is 0 Å². The topological polar surface area (TPSA) is 52.3 Å². The number of fused-ring (bicyclic) bond motifs is 1. The third-order valence-corrected chi connectivity index (χ3v) is 8.36. The van der Waals surface area contributed by atoms with Gasteiger partial charge in [0.1, 0.15) is 11.5 Å². The van der Waals surface area contributed by atoms with E-state index in [0.29, 0.717) is 29.9 Å². The fourth-order valence-electron chi connectivity index (χ4n) is 7.60. The van der Waals surface area contributed by atoms with Gasteiger partial charge in [-0.15, -0.1) is 0 Å². The number of hydrazine groups is 1. The summed E-state index contributed by atoms with van der Waals surface area (Å²) in [5.41, 5.74) is 8.75. The molecule has 2 aromatic rings. The lowest BCUT2D eigenvalue weighted by Crippen LogP contribution is -2.51. The molecule has 4 heteroatoms. The second kappa shape index (κ2) is 4.39. The van der Waals surface area contributed by atoms with Crippen LogP contribution < -0.4 is 5.43 Å². The van der Waals surface area contributed by atoms with E-state index in [1.165, 1.54) is 11.1 Å². The van der Waals surface area contributed by atoms with Crippen molar-refractivity contribution in [2.75, 3.05) is 5.43 Å². The molecule has 27 heavy (non-hydrogen) atoms. The van der Waals surface area contributed by atoms with Gasteiger partial charge in [0.05, 0.1) is 11.6 Å². The first kappa shape index (κ1) is 14.7. The number of piperidine rings is 1. The first-order valence-electron chi connectivity index (χ1n) is 10.1. The fourth-order valence-corrected chi connectivity index (χ4v) is 7.60. The molecule has 2 bridgehead atoms. The Labute approximate surface area is 158 Å². The van der Waals surface area contributed by atoms with Crippen LogP contribution in [0.25, 0.3) is 0 Å². The Kier molecular flexibility index (Phi) is 2.39. The van der Waals surface area contributed by atoms with E-state index in [9.17, 15) is 9.90 Å². The number of nitrogens with zero attached hydrogens (tertiary/aromatic N) is 1. The summed E-state index contributed by atoms with van der Waals surface area (Å²) in [5, 5.41) is 13.0. The molecule has 0 aromatic heterocycles. The molecule has 2 spiro atoms. The first-order chi connectivity index (χ1) is 13.1. The Morgan fingerprint density at radius 1 is 1.15 bits per heavy atom. The summed E-state index contributed by atoms with van der Waals surface area (Å²) >= 11 is 0. The predicted molar refractivity (Wildman–Crippen MR) is 101 cm³/mol. The van der Waals surface area contributed by atoms with Gasteiger partial charge in [0.25, 0.3) is 0 Å². The van der Waals surface area contributed by atoms with E-state index < -0.39 is 0 Å². The van der Waals surface area contributed by atoms with Crippen LogP contribution in [-0.2, 0) is 23.1 Å². The number of anilines is 1. The number of nitrogens with one attached hydrogen (secondary N) is 1. The maximum Gasteiger partial charge on any atom is 0.137 e. The van der Waals surface area contributed by atoms with Crippen LogP contribution in [0.1, 0.15) is 36.0 Å². The van der Waals surface area contributed by atoms with Crippen molar-refractivity contribution >= 4 is 11.5 Å². The van der Waals surface area contributed by atoms with Crippen LogP contribution in [0, 0.1) is 11.8 Å². The summed E-state index contributed by atoms with van der Waals surface area (Å²) in [7, 11) is 0. The molecule has 1 heterocycles. The molecule has 2 aromatic carbocycles. The molecule has 6 atom stereocenters. The average molecular weight is 358 g/mol. The number of phenolic OH excluding ortho intramolecular Hbond substituents is 1. The zero-order chi connectivity index (χ0) is 18.0.